The molecule has 8 heteroatoms. The van der Waals surface area contributed by atoms with Gasteiger partial charge in [0, 0.05) is 19.3 Å². The molecule has 0 aliphatic heterocycles. The Morgan fingerprint density at radius 2 is 1.02 bits per heavy atom. The van der Waals surface area contributed by atoms with Gasteiger partial charge < -0.3 is 19.4 Å². The normalized spacial score (nSPS) is 16.3. The lowest BCUT2D eigenvalue weighted by molar-refractivity contribution is -0.870. The number of ether oxygens (including phenoxy) is 1. The minimum Gasteiger partial charge on any atom is -0.385 e. The highest BCUT2D eigenvalue weighted by Gasteiger charge is 2.71. The first-order valence-electron chi connectivity index (χ1n) is 23.2. The van der Waals surface area contributed by atoms with Gasteiger partial charge in [0.1, 0.15) is 12.6 Å². The van der Waals surface area contributed by atoms with Crippen LogP contribution in [0.2, 0.25) is 0 Å². The van der Waals surface area contributed by atoms with Crippen molar-refractivity contribution in [2.45, 2.75) is 224 Å². The van der Waals surface area contributed by atoms with E-state index in [0.717, 1.165) is 70.6 Å². The summed E-state index contributed by atoms with van der Waals surface area (Å²) in [5.74, 6) is -3.60. The molecule has 1 fully saturated rings. The molecule has 0 heterocycles. The fourth-order valence-corrected chi connectivity index (χ4v) is 7.70. The average molecular weight is 789 g/mol. The Labute approximate surface area is 343 Å². The predicted molar refractivity (Wildman–Crippen MR) is 231 cm³/mol. The highest BCUT2D eigenvalue weighted by atomic mass is 16.5. The molecule has 8 nitrogen and oxygen atoms in total. The van der Waals surface area contributed by atoms with E-state index >= 15 is 0 Å². The molecule has 1 rings (SSSR count). The Morgan fingerprint density at radius 1 is 0.643 bits per heavy atom. The van der Waals surface area contributed by atoms with Crippen molar-refractivity contribution in [1.82, 2.24) is 0 Å². The molecule has 0 radical (unpaired) electrons. The number of hydrogen-bond donors (Lipinski definition) is 2. The number of carbonyl (C=O) groups is 4. The second-order valence-electron chi connectivity index (χ2n) is 17.6. The number of ketones is 4. The first-order chi connectivity index (χ1) is 26.9. The number of likely N-dealkylation sites (N-methyl/N-ethyl adjacent to an activating group) is 1. The summed E-state index contributed by atoms with van der Waals surface area (Å²) in [6.07, 6.45) is 35.3. The summed E-state index contributed by atoms with van der Waals surface area (Å²) < 4.78 is 6.43. The van der Waals surface area contributed by atoms with Crippen LogP contribution in [0.1, 0.15) is 206 Å². The van der Waals surface area contributed by atoms with Crippen molar-refractivity contribution < 1.29 is 38.6 Å². The number of hydrogen-bond acceptors (Lipinski definition) is 7. The van der Waals surface area contributed by atoms with E-state index < -0.39 is 40.4 Å². The van der Waals surface area contributed by atoms with Crippen LogP contribution in [0.4, 0.5) is 0 Å². The van der Waals surface area contributed by atoms with Gasteiger partial charge >= 0.3 is 0 Å². The third-order valence-electron chi connectivity index (χ3n) is 11.4. The molecule has 0 saturated heterocycles. The van der Waals surface area contributed by atoms with Gasteiger partial charge in [-0.1, -0.05) is 147 Å². The molecule has 1 unspecified atom stereocenters. The van der Waals surface area contributed by atoms with Crippen LogP contribution in [-0.4, -0.2) is 89.4 Å². The number of Topliss-reactive ketones (excluding diaryl/α,β-unsaturated/α-hetero) is 4. The van der Waals surface area contributed by atoms with Crippen LogP contribution >= 0.6 is 0 Å². The molecule has 0 spiro atoms. The van der Waals surface area contributed by atoms with Gasteiger partial charge in [0.2, 0.25) is 17.0 Å². The van der Waals surface area contributed by atoms with Crippen molar-refractivity contribution in [2.75, 3.05) is 34.3 Å². The summed E-state index contributed by atoms with van der Waals surface area (Å²) in [7, 11) is 5.75. The van der Waals surface area contributed by atoms with Crippen LogP contribution in [0.3, 0.4) is 0 Å². The van der Waals surface area contributed by atoms with Crippen molar-refractivity contribution in [2.24, 2.45) is 0 Å². The molecular formula is C48H86NO7+. The molecule has 0 aromatic carbocycles. The number of unbranched alkanes of at least 4 members (excludes halogenated alkanes) is 22. The number of nitrogens with zero attached hydrogens (tertiary/aromatic N) is 1. The van der Waals surface area contributed by atoms with Gasteiger partial charge in [0.15, 0.2) is 17.3 Å². The summed E-state index contributed by atoms with van der Waals surface area (Å²) in [6.45, 7) is 4.75. The molecule has 324 valence electrons. The van der Waals surface area contributed by atoms with E-state index in [1.165, 1.54) is 77.0 Å². The summed E-state index contributed by atoms with van der Waals surface area (Å²) >= 11 is 0. The Hall–Kier alpha value is -2.00. The Bertz CT molecular complexity index is 1120. The minimum absolute atomic E-state index is 0.0390. The van der Waals surface area contributed by atoms with Crippen LogP contribution in [0, 0.1) is 0 Å². The quantitative estimate of drug-likeness (QED) is 0.0277. The SMILES string of the molecule is CCCCCCCCC=CCCCCCCCC(=O)[C@](O)(C(=O)C(O)CCCCCCCC=CCCCCCCCC)C1(OCC[N+](C)(C)C)C(=O)CCC1=O. The van der Waals surface area contributed by atoms with Crippen molar-refractivity contribution in [3.8, 4) is 0 Å². The first-order valence-corrected chi connectivity index (χ1v) is 23.2. The average Bonchev–Trinajstić information content (AvgIpc) is 3.46. The lowest BCUT2D eigenvalue weighted by Gasteiger charge is -2.41. The Balaban J connectivity index is 2.72. The van der Waals surface area contributed by atoms with Gasteiger partial charge in [0.05, 0.1) is 27.7 Å². The van der Waals surface area contributed by atoms with Crippen LogP contribution in [0.25, 0.3) is 0 Å². The second kappa shape index (κ2) is 31.0. The molecule has 0 aromatic rings. The number of allylic oxidation sites excluding steroid dienone is 4. The van der Waals surface area contributed by atoms with Gasteiger partial charge in [0.25, 0.3) is 0 Å². The smallest absolute Gasteiger partial charge is 0.227 e. The molecule has 1 saturated carbocycles. The van der Waals surface area contributed by atoms with Crippen LogP contribution in [0.15, 0.2) is 24.3 Å². The first kappa shape index (κ1) is 52.0. The van der Waals surface area contributed by atoms with E-state index in [1.807, 2.05) is 21.1 Å². The summed E-state index contributed by atoms with van der Waals surface area (Å²) in [4.78, 5) is 55.2. The zero-order valence-corrected chi connectivity index (χ0v) is 36.9. The fourth-order valence-electron chi connectivity index (χ4n) is 7.70. The van der Waals surface area contributed by atoms with E-state index in [9.17, 15) is 29.4 Å². The summed E-state index contributed by atoms with van der Waals surface area (Å²) in [5.41, 5.74) is -5.69. The van der Waals surface area contributed by atoms with Crippen molar-refractivity contribution in [3.05, 3.63) is 24.3 Å². The van der Waals surface area contributed by atoms with E-state index in [0.29, 0.717) is 30.3 Å². The molecule has 1 aliphatic carbocycles. The highest BCUT2D eigenvalue weighted by Crippen LogP contribution is 2.40. The molecule has 0 amide bonds. The number of carbonyl (C=O) groups excluding carboxylic acids is 4. The number of rotatable bonds is 38. The van der Waals surface area contributed by atoms with Gasteiger partial charge in [-0.05, 0) is 64.2 Å². The van der Waals surface area contributed by atoms with E-state index in [-0.39, 0.29) is 32.3 Å². The molecule has 2 atom stereocenters. The fraction of sp³-hybridized carbons (Fsp3) is 0.833. The lowest BCUT2D eigenvalue weighted by atomic mass is 9.71. The number of aliphatic hydroxyl groups excluding tert-OH is 1. The number of quaternary nitrogens is 1. The van der Waals surface area contributed by atoms with Crippen molar-refractivity contribution in [3.63, 3.8) is 0 Å². The minimum atomic E-state index is -3.06. The van der Waals surface area contributed by atoms with Crippen LogP contribution < -0.4 is 0 Å². The van der Waals surface area contributed by atoms with Crippen molar-refractivity contribution >= 4 is 23.1 Å². The van der Waals surface area contributed by atoms with Gasteiger partial charge in [-0.15, -0.1) is 0 Å². The van der Waals surface area contributed by atoms with Crippen molar-refractivity contribution in [1.29, 1.82) is 0 Å². The zero-order chi connectivity index (χ0) is 41.5. The zero-order valence-electron chi connectivity index (χ0n) is 36.9. The van der Waals surface area contributed by atoms with Crippen LogP contribution in [0.5, 0.6) is 0 Å². The molecule has 0 bridgehead atoms. The standard InChI is InChI=1S/C48H86NO7/c1-6-8-10-12-14-16-18-20-22-24-26-28-30-32-34-36-42(50)46(54)47(55,48(44(52)38-39-45(48)53)56-41-40-49(3,4)5)43(51)37-35-33-31-29-27-25-23-21-19-17-15-13-11-9-7-2/h20-23,42,50,55H,6-19,24-41H2,1-5H3/q+1/t42?,47-/m0/s1. The van der Waals surface area contributed by atoms with Gasteiger partial charge in [-0.2, -0.15) is 0 Å². The molecule has 1 aliphatic rings. The number of aliphatic hydroxyl groups is 2. The third-order valence-corrected chi connectivity index (χ3v) is 11.4. The maximum Gasteiger partial charge on any atom is 0.227 e. The Morgan fingerprint density at radius 3 is 1.43 bits per heavy atom. The summed E-state index contributed by atoms with van der Waals surface area (Å²) in [5, 5.41) is 23.4. The third kappa shape index (κ3) is 20.1. The van der Waals surface area contributed by atoms with E-state index in [1.54, 1.807) is 0 Å². The summed E-state index contributed by atoms with van der Waals surface area (Å²) in [6, 6.07) is 0. The molecule has 2 N–H and O–H groups in total. The largest absolute Gasteiger partial charge is 0.385 e. The van der Waals surface area contributed by atoms with E-state index in [2.05, 4.69) is 38.2 Å². The van der Waals surface area contributed by atoms with Gasteiger partial charge in [-0.3, -0.25) is 19.2 Å². The molecule has 0 aromatic heterocycles. The Kier molecular flexibility index (Phi) is 28.8. The highest BCUT2D eigenvalue weighted by molar-refractivity contribution is 6.28. The van der Waals surface area contributed by atoms with Gasteiger partial charge in [-0.25, -0.2) is 0 Å². The second-order valence-corrected chi connectivity index (χ2v) is 17.6. The maximum absolute atomic E-state index is 14.1. The molecule has 56 heavy (non-hydrogen) atoms. The molecular weight excluding hydrogens is 703 g/mol. The lowest BCUT2D eigenvalue weighted by Crippen LogP contribution is -2.72. The maximum atomic E-state index is 14.1. The monoisotopic (exact) mass is 789 g/mol. The predicted octanol–water partition coefficient (Wildman–Crippen LogP) is 10.7. The van der Waals surface area contributed by atoms with Crippen LogP contribution in [-0.2, 0) is 23.9 Å². The topological polar surface area (TPSA) is 118 Å². The van der Waals surface area contributed by atoms with E-state index in [4.69, 9.17) is 4.74 Å².